The number of anilines is 1. The lowest BCUT2D eigenvalue weighted by molar-refractivity contribution is 0.195. The van der Waals surface area contributed by atoms with Crippen molar-refractivity contribution >= 4 is 11.6 Å². The van der Waals surface area contributed by atoms with E-state index >= 15 is 0 Å². The lowest BCUT2D eigenvalue weighted by Gasteiger charge is -2.20. The van der Waals surface area contributed by atoms with Crippen LogP contribution in [0.25, 0.3) is 0 Å². The van der Waals surface area contributed by atoms with Gasteiger partial charge in [-0.2, -0.15) is 0 Å². The molecule has 1 aromatic rings. The van der Waals surface area contributed by atoms with Crippen LogP contribution in [-0.2, 0) is 4.74 Å². The number of aliphatic imine (C=N–C) groups is 1. The second-order valence-electron chi connectivity index (χ2n) is 6.03. The van der Waals surface area contributed by atoms with Crippen molar-refractivity contribution in [2.24, 2.45) is 10.9 Å². The van der Waals surface area contributed by atoms with Crippen LogP contribution in [0, 0.1) is 5.92 Å². The van der Waals surface area contributed by atoms with Crippen LogP contribution in [0.15, 0.2) is 29.3 Å². The van der Waals surface area contributed by atoms with Crippen LogP contribution in [0.4, 0.5) is 5.69 Å². The van der Waals surface area contributed by atoms with Crippen molar-refractivity contribution in [3.05, 3.63) is 24.3 Å². The van der Waals surface area contributed by atoms with E-state index < -0.39 is 0 Å². The van der Waals surface area contributed by atoms with Gasteiger partial charge in [-0.15, -0.1) is 0 Å². The second-order valence-corrected chi connectivity index (χ2v) is 6.03. The summed E-state index contributed by atoms with van der Waals surface area (Å²) in [6.07, 6.45) is 2.16. The Kier molecular flexibility index (Phi) is 7.68. The zero-order valence-electron chi connectivity index (χ0n) is 15.0. The molecule has 6 nitrogen and oxygen atoms in total. The maximum absolute atomic E-state index is 5.32. The highest BCUT2D eigenvalue weighted by Crippen LogP contribution is 2.26. The molecule has 1 fully saturated rings. The summed E-state index contributed by atoms with van der Waals surface area (Å²) in [5.41, 5.74) is 1.24. The Labute approximate surface area is 145 Å². The van der Waals surface area contributed by atoms with Gasteiger partial charge in [-0.1, -0.05) is 6.07 Å². The molecule has 0 saturated carbocycles. The molecule has 1 unspecified atom stereocenters. The van der Waals surface area contributed by atoms with Crippen molar-refractivity contribution < 1.29 is 9.47 Å². The highest BCUT2D eigenvalue weighted by Gasteiger charge is 2.23. The molecule has 1 heterocycles. The lowest BCUT2D eigenvalue weighted by atomic mass is 10.1. The molecule has 0 amide bonds. The minimum Gasteiger partial charge on any atom is -0.497 e. The molecular formula is C18H30N4O2. The molecule has 1 saturated heterocycles. The van der Waals surface area contributed by atoms with E-state index in [0.717, 1.165) is 50.9 Å². The van der Waals surface area contributed by atoms with Crippen LogP contribution >= 0.6 is 0 Å². The molecule has 1 atom stereocenters. The van der Waals surface area contributed by atoms with Crippen molar-refractivity contribution in [1.82, 2.24) is 10.6 Å². The standard InChI is InChI=1S/C18H30N4O2/c1-19-18(20-9-5-11-23-2)21-13-15-8-10-22(14-15)16-6-4-7-17(12-16)24-3/h4,6-7,12,15H,5,8-11,13-14H2,1-3H3,(H2,19,20,21). The predicted molar refractivity (Wildman–Crippen MR) is 99.2 cm³/mol. The smallest absolute Gasteiger partial charge is 0.190 e. The summed E-state index contributed by atoms with van der Waals surface area (Å²) in [5.74, 6) is 2.40. The van der Waals surface area contributed by atoms with E-state index in [4.69, 9.17) is 9.47 Å². The van der Waals surface area contributed by atoms with Crippen molar-refractivity contribution in [1.29, 1.82) is 0 Å². The Morgan fingerprint density at radius 3 is 2.96 bits per heavy atom. The average molecular weight is 334 g/mol. The first-order valence-electron chi connectivity index (χ1n) is 8.59. The molecule has 0 aromatic heterocycles. The Morgan fingerprint density at radius 2 is 2.21 bits per heavy atom. The van der Waals surface area contributed by atoms with Crippen molar-refractivity contribution in [2.45, 2.75) is 12.8 Å². The molecule has 1 aliphatic heterocycles. The topological polar surface area (TPSA) is 58.1 Å². The molecule has 24 heavy (non-hydrogen) atoms. The van der Waals surface area contributed by atoms with Gasteiger partial charge in [-0.25, -0.2) is 0 Å². The van der Waals surface area contributed by atoms with Crippen LogP contribution in [0.5, 0.6) is 5.75 Å². The fourth-order valence-corrected chi connectivity index (χ4v) is 2.93. The molecule has 2 N–H and O–H groups in total. The van der Waals surface area contributed by atoms with Gasteiger partial charge in [0.2, 0.25) is 0 Å². The van der Waals surface area contributed by atoms with Crippen molar-refractivity contribution in [3.8, 4) is 5.75 Å². The summed E-state index contributed by atoms with van der Waals surface area (Å²) >= 11 is 0. The summed E-state index contributed by atoms with van der Waals surface area (Å²) in [7, 11) is 5.24. The zero-order valence-corrected chi connectivity index (χ0v) is 15.0. The highest BCUT2D eigenvalue weighted by atomic mass is 16.5. The van der Waals surface area contributed by atoms with Gasteiger partial charge >= 0.3 is 0 Å². The van der Waals surface area contributed by atoms with Gasteiger partial charge in [-0.3, -0.25) is 4.99 Å². The Bertz CT molecular complexity index is 521. The third-order valence-corrected chi connectivity index (χ3v) is 4.30. The van der Waals surface area contributed by atoms with Gasteiger partial charge in [-0.05, 0) is 30.9 Å². The molecular weight excluding hydrogens is 304 g/mol. The largest absolute Gasteiger partial charge is 0.497 e. The highest BCUT2D eigenvalue weighted by molar-refractivity contribution is 5.79. The van der Waals surface area contributed by atoms with Gasteiger partial charge in [0.05, 0.1) is 7.11 Å². The molecule has 1 aliphatic rings. The minimum atomic E-state index is 0.619. The number of hydrogen-bond acceptors (Lipinski definition) is 4. The summed E-state index contributed by atoms with van der Waals surface area (Å²) in [5, 5.41) is 6.74. The molecule has 2 rings (SSSR count). The monoisotopic (exact) mass is 334 g/mol. The molecule has 134 valence electrons. The fraction of sp³-hybridized carbons (Fsp3) is 0.611. The number of nitrogens with zero attached hydrogens (tertiary/aromatic N) is 2. The quantitative estimate of drug-likeness (QED) is 0.431. The van der Waals surface area contributed by atoms with Gasteiger partial charge in [0.1, 0.15) is 5.75 Å². The van der Waals surface area contributed by atoms with Crippen LogP contribution < -0.4 is 20.3 Å². The third kappa shape index (κ3) is 5.60. The van der Waals surface area contributed by atoms with Crippen molar-refractivity contribution in [2.75, 3.05) is 59.0 Å². The normalized spacial score (nSPS) is 17.9. The van der Waals surface area contributed by atoms with Crippen LogP contribution in [0.2, 0.25) is 0 Å². The summed E-state index contributed by atoms with van der Waals surface area (Å²) in [6.45, 7) is 4.71. The molecule has 0 bridgehead atoms. The fourth-order valence-electron chi connectivity index (χ4n) is 2.93. The van der Waals surface area contributed by atoms with Gasteiger partial charge < -0.3 is 25.0 Å². The number of ether oxygens (including phenoxy) is 2. The van der Waals surface area contributed by atoms with E-state index in [0.29, 0.717) is 5.92 Å². The number of guanidine groups is 1. The molecule has 0 radical (unpaired) electrons. The number of rotatable bonds is 8. The maximum atomic E-state index is 5.32. The van der Waals surface area contributed by atoms with Crippen LogP contribution in [0.3, 0.4) is 0 Å². The second kappa shape index (κ2) is 10.0. The third-order valence-electron chi connectivity index (χ3n) is 4.30. The predicted octanol–water partition coefficient (Wildman–Crippen LogP) is 1.72. The van der Waals surface area contributed by atoms with Crippen molar-refractivity contribution in [3.63, 3.8) is 0 Å². The SMILES string of the molecule is CN=C(NCCCOC)NCC1CCN(c2cccc(OC)c2)C1. The Morgan fingerprint density at radius 1 is 1.33 bits per heavy atom. The molecule has 0 aliphatic carbocycles. The number of nitrogens with one attached hydrogen (secondary N) is 2. The summed E-state index contributed by atoms with van der Waals surface area (Å²) in [6, 6.07) is 8.28. The Balaban J connectivity index is 1.74. The summed E-state index contributed by atoms with van der Waals surface area (Å²) < 4.78 is 10.4. The van der Waals surface area contributed by atoms with E-state index in [-0.39, 0.29) is 0 Å². The minimum absolute atomic E-state index is 0.619. The maximum Gasteiger partial charge on any atom is 0.190 e. The molecule has 0 spiro atoms. The van der Waals surface area contributed by atoms with E-state index in [1.807, 2.05) is 19.2 Å². The van der Waals surface area contributed by atoms with E-state index in [1.54, 1.807) is 14.2 Å². The number of hydrogen-bond donors (Lipinski definition) is 2. The Hall–Kier alpha value is -1.95. The average Bonchev–Trinajstić information content (AvgIpc) is 3.10. The zero-order chi connectivity index (χ0) is 17.2. The lowest BCUT2D eigenvalue weighted by Crippen LogP contribution is -2.40. The van der Waals surface area contributed by atoms with E-state index in [9.17, 15) is 0 Å². The van der Waals surface area contributed by atoms with E-state index in [2.05, 4.69) is 32.7 Å². The number of methoxy groups -OCH3 is 2. The van der Waals surface area contributed by atoms with Gasteiger partial charge in [0.15, 0.2) is 5.96 Å². The molecule has 6 heteroatoms. The van der Waals surface area contributed by atoms with Gasteiger partial charge in [0.25, 0.3) is 0 Å². The number of benzene rings is 1. The van der Waals surface area contributed by atoms with E-state index in [1.165, 1.54) is 12.1 Å². The van der Waals surface area contributed by atoms with Gasteiger partial charge in [0, 0.05) is 58.7 Å². The molecule has 1 aromatic carbocycles. The van der Waals surface area contributed by atoms with Crippen LogP contribution in [-0.4, -0.2) is 60.0 Å². The first-order valence-corrected chi connectivity index (χ1v) is 8.59. The first-order chi connectivity index (χ1) is 11.8. The summed E-state index contributed by atoms with van der Waals surface area (Å²) in [4.78, 5) is 6.69. The first kappa shape index (κ1) is 18.4. The van der Waals surface area contributed by atoms with Crippen LogP contribution in [0.1, 0.15) is 12.8 Å².